The third-order valence-corrected chi connectivity index (χ3v) is 5.80. The van der Waals surface area contributed by atoms with Gasteiger partial charge in [-0.25, -0.2) is 8.78 Å². The van der Waals surface area contributed by atoms with Gasteiger partial charge in [0.2, 0.25) is 5.91 Å². The molecule has 2 aromatic heterocycles. The Kier molecular flexibility index (Phi) is 6.76. The molecule has 1 aliphatic heterocycles. The summed E-state index contributed by atoms with van der Waals surface area (Å²) in [5, 5.41) is 21.9. The number of likely N-dealkylation sites (tertiary alicyclic amines) is 1. The third-order valence-electron chi connectivity index (χ3n) is 5.80. The third kappa shape index (κ3) is 5.32. The zero-order chi connectivity index (χ0) is 24.3. The number of alkyl halides is 2. The highest BCUT2D eigenvalue weighted by Crippen LogP contribution is 2.32. The van der Waals surface area contributed by atoms with Crippen LogP contribution in [0.1, 0.15) is 36.3 Å². The lowest BCUT2D eigenvalue weighted by molar-refractivity contribution is -0.132. The molecule has 1 aliphatic rings. The van der Waals surface area contributed by atoms with E-state index in [9.17, 15) is 18.7 Å². The van der Waals surface area contributed by atoms with E-state index in [2.05, 4.69) is 15.3 Å². The number of fused-ring (bicyclic) bond motifs is 1. The number of aromatic nitrogens is 2. The van der Waals surface area contributed by atoms with E-state index in [1.807, 2.05) is 42.5 Å². The summed E-state index contributed by atoms with van der Waals surface area (Å²) in [6.45, 7) is 0.348. The standard InChI is InChI=1S/C25H25F2N5O2/c1-16(28)22-13-25(26,27)15-32(22)23(33)14-31-24(34)19-8-11-30-21-5-4-18(12-20(19)21)3-2-17-6-9-29-10-7-17/h2-12,22,24,28,31,34H,13-15H2,1H3/b3-2+,28-16?/t22-,24?/m0/s1. The fourth-order valence-corrected chi connectivity index (χ4v) is 4.06. The SMILES string of the molecule is CC(=N)[C@@H]1CC(F)(F)CN1C(=O)CNC(O)c1ccnc2ccc(/C=C/c3ccncc3)cc12. The number of amides is 1. The van der Waals surface area contributed by atoms with E-state index in [0.717, 1.165) is 16.0 Å². The van der Waals surface area contributed by atoms with Crippen LogP contribution in [0.5, 0.6) is 0 Å². The van der Waals surface area contributed by atoms with E-state index in [1.54, 1.807) is 24.7 Å². The van der Waals surface area contributed by atoms with Gasteiger partial charge in [-0.3, -0.25) is 20.1 Å². The van der Waals surface area contributed by atoms with Gasteiger partial charge in [-0.1, -0.05) is 18.2 Å². The van der Waals surface area contributed by atoms with Crippen LogP contribution in [-0.4, -0.2) is 56.6 Å². The molecule has 1 aromatic carbocycles. The molecular formula is C25H25F2N5O2. The minimum atomic E-state index is -3.03. The van der Waals surface area contributed by atoms with Gasteiger partial charge in [0, 0.05) is 41.7 Å². The molecule has 0 radical (unpaired) electrons. The highest BCUT2D eigenvalue weighted by Gasteiger charge is 2.47. The van der Waals surface area contributed by atoms with Crippen molar-refractivity contribution in [2.75, 3.05) is 13.1 Å². The molecule has 0 aliphatic carbocycles. The average Bonchev–Trinajstić information content (AvgIpc) is 3.17. The van der Waals surface area contributed by atoms with Gasteiger partial charge in [-0.2, -0.15) is 0 Å². The zero-order valence-electron chi connectivity index (χ0n) is 18.6. The van der Waals surface area contributed by atoms with Crippen molar-refractivity contribution in [1.29, 1.82) is 5.41 Å². The highest BCUT2D eigenvalue weighted by molar-refractivity contribution is 5.91. The molecule has 1 unspecified atom stereocenters. The number of rotatable bonds is 7. The van der Waals surface area contributed by atoms with Crippen LogP contribution in [0.15, 0.2) is 55.0 Å². The number of pyridine rings is 2. The number of halogens is 2. The maximum absolute atomic E-state index is 13.8. The van der Waals surface area contributed by atoms with Crippen LogP contribution < -0.4 is 5.32 Å². The van der Waals surface area contributed by atoms with Gasteiger partial charge in [0.25, 0.3) is 5.92 Å². The summed E-state index contributed by atoms with van der Waals surface area (Å²) >= 11 is 0. The molecule has 1 fully saturated rings. The quantitative estimate of drug-likeness (QED) is 0.365. The lowest BCUT2D eigenvalue weighted by Crippen LogP contribution is -2.44. The molecule has 7 nitrogen and oxygen atoms in total. The van der Waals surface area contributed by atoms with Crippen molar-refractivity contribution >= 4 is 34.7 Å². The van der Waals surface area contributed by atoms with E-state index in [4.69, 9.17) is 5.41 Å². The monoisotopic (exact) mass is 465 g/mol. The average molecular weight is 466 g/mol. The number of benzene rings is 1. The smallest absolute Gasteiger partial charge is 0.267 e. The molecule has 9 heteroatoms. The van der Waals surface area contributed by atoms with E-state index in [-0.39, 0.29) is 12.3 Å². The van der Waals surface area contributed by atoms with Crippen LogP contribution >= 0.6 is 0 Å². The van der Waals surface area contributed by atoms with Gasteiger partial charge in [0.05, 0.1) is 24.6 Å². The first-order chi connectivity index (χ1) is 16.2. The summed E-state index contributed by atoms with van der Waals surface area (Å²) in [6, 6.07) is 10.1. The number of nitrogens with one attached hydrogen (secondary N) is 2. The summed E-state index contributed by atoms with van der Waals surface area (Å²) in [6.07, 6.45) is 7.09. The van der Waals surface area contributed by atoms with E-state index in [0.29, 0.717) is 16.5 Å². The number of aliphatic hydroxyl groups is 1. The van der Waals surface area contributed by atoms with Crippen LogP contribution in [0, 0.1) is 5.41 Å². The normalized spacial score (nSPS) is 18.5. The van der Waals surface area contributed by atoms with Gasteiger partial charge in [-0.15, -0.1) is 0 Å². The molecule has 0 bridgehead atoms. The van der Waals surface area contributed by atoms with E-state index in [1.165, 1.54) is 6.92 Å². The van der Waals surface area contributed by atoms with Crippen molar-refractivity contribution in [3.63, 3.8) is 0 Å². The lowest BCUT2D eigenvalue weighted by Gasteiger charge is -2.24. The van der Waals surface area contributed by atoms with Crippen molar-refractivity contribution in [1.82, 2.24) is 20.2 Å². The van der Waals surface area contributed by atoms with Crippen molar-refractivity contribution in [3.05, 3.63) is 71.7 Å². The number of hydrogen-bond acceptors (Lipinski definition) is 6. The largest absolute Gasteiger partial charge is 0.374 e. The van der Waals surface area contributed by atoms with Gasteiger partial charge >= 0.3 is 0 Å². The number of carbonyl (C=O) groups excluding carboxylic acids is 1. The molecule has 176 valence electrons. The number of carbonyl (C=O) groups is 1. The minimum Gasteiger partial charge on any atom is -0.374 e. The zero-order valence-corrected chi connectivity index (χ0v) is 18.6. The van der Waals surface area contributed by atoms with Crippen LogP contribution in [0.3, 0.4) is 0 Å². The Labute approximate surface area is 195 Å². The van der Waals surface area contributed by atoms with Crippen LogP contribution in [0.4, 0.5) is 8.78 Å². The van der Waals surface area contributed by atoms with Gasteiger partial charge < -0.3 is 15.4 Å². The molecular weight excluding hydrogens is 440 g/mol. The second kappa shape index (κ2) is 9.74. The molecule has 1 saturated heterocycles. The summed E-state index contributed by atoms with van der Waals surface area (Å²) in [4.78, 5) is 22.0. The Morgan fingerprint density at radius 1 is 1.24 bits per heavy atom. The van der Waals surface area contributed by atoms with Gasteiger partial charge in [0.15, 0.2) is 0 Å². The Bertz CT molecular complexity index is 1230. The topological polar surface area (TPSA) is 102 Å². The first kappa shape index (κ1) is 23.6. The Hall–Kier alpha value is -3.56. The molecule has 34 heavy (non-hydrogen) atoms. The molecule has 3 aromatic rings. The lowest BCUT2D eigenvalue weighted by atomic mass is 10.0. The Morgan fingerprint density at radius 3 is 2.71 bits per heavy atom. The first-order valence-corrected chi connectivity index (χ1v) is 10.8. The summed E-state index contributed by atoms with van der Waals surface area (Å²) in [5.41, 5.74) is 3.09. The fourth-order valence-electron chi connectivity index (χ4n) is 4.06. The summed E-state index contributed by atoms with van der Waals surface area (Å²) in [7, 11) is 0. The molecule has 0 spiro atoms. The van der Waals surface area contributed by atoms with Crippen LogP contribution in [-0.2, 0) is 4.79 Å². The fraction of sp³-hybridized carbons (Fsp3) is 0.280. The molecule has 0 saturated carbocycles. The van der Waals surface area contributed by atoms with Crippen LogP contribution in [0.2, 0.25) is 0 Å². The number of hydrogen-bond donors (Lipinski definition) is 3. The second-order valence-corrected chi connectivity index (χ2v) is 8.35. The minimum absolute atomic E-state index is 0.0125. The van der Waals surface area contributed by atoms with Gasteiger partial charge in [0.1, 0.15) is 6.23 Å². The van der Waals surface area contributed by atoms with E-state index < -0.39 is 37.1 Å². The van der Waals surface area contributed by atoms with Gasteiger partial charge in [-0.05, 0) is 48.4 Å². The second-order valence-electron chi connectivity index (χ2n) is 8.35. The maximum Gasteiger partial charge on any atom is 0.267 e. The Balaban J connectivity index is 1.50. The number of nitrogens with zero attached hydrogens (tertiary/aromatic N) is 3. The Morgan fingerprint density at radius 2 is 1.97 bits per heavy atom. The predicted octanol–water partition coefficient (Wildman–Crippen LogP) is 3.66. The highest BCUT2D eigenvalue weighted by atomic mass is 19.3. The molecule has 4 rings (SSSR count). The molecule has 1 amide bonds. The van der Waals surface area contributed by atoms with Crippen molar-refractivity contribution in [2.45, 2.75) is 31.5 Å². The van der Waals surface area contributed by atoms with Crippen LogP contribution in [0.25, 0.3) is 23.1 Å². The predicted molar refractivity (Wildman–Crippen MR) is 126 cm³/mol. The van der Waals surface area contributed by atoms with E-state index >= 15 is 0 Å². The number of aliphatic hydroxyl groups excluding tert-OH is 1. The molecule has 2 atom stereocenters. The first-order valence-electron chi connectivity index (χ1n) is 10.8. The summed E-state index contributed by atoms with van der Waals surface area (Å²) in [5.74, 6) is -3.62. The molecule has 3 heterocycles. The van der Waals surface area contributed by atoms with Crippen molar-refractivity contribution in [2.24, 2.45) is 0 Å². The van der Waals surface area contributed by atoms with Crippen molar-refractivity contribution < 1.29 is 18.7 Å². The molecule has 3 N–H and O–H groups in total. The summed E-state index contributed by atoms with van der Waals surface area (Å²) < 4.78 is 27.7. The van der Waals surface area contributed by atoms with Crippen molar-refractivity contribution in [3.8, 4) is 0 Å². The maximum atomic E-state index is 13.8.